The Labute approximate surface area is 205 Å². The standard InChI is InChI=1S/C24H24F3N3O3S2/c1-3-35(32,33)20-9-8-19(28-12-20)11-29-23(31)21-10-17-14-30(15(2)22(17)34-21)13-16-4-6-18(7-5-16)24(25,26)27/h4-10,12,15H,3,11,13-14H2,1-2H3,(H,29,31). The van der Waals surface area contributed by atoms with E-state index in [2.05, 4.69) is 15.2 Å². The number of hydrogen-bond acceptors (Lipinski definition) is 6. The normalized spacial score (nSPS) is 16.3. The van der Waals surface area contributed by atoms with E-state index >= 15 is 0 Å². The molecular weight excluding hydrogens is 499 g/mol. The topological polar surface area (TPSA) is 79.4 Å². The number of sulfone groups is 1. The van der Waals surface area contributed by atoms with Crippen molar-refractivity contribution < 1.29 is 26.4 Å². The Morgan fingerprint density at radius 2 is 1.91 bits per heavy atom. The van der Waals surface area contributed by atoms with Crippen LogP contribution in [-0.4, -0.2) is 30.0 Å². The number of carbonyl (C=O) groups is 1. The first-order valence-electron chi connectivity index (χ1n) is 11.0. The Hall–Kier alpha value is -2.76. The quantitative estimate of drug-likeness (QED) is 0.474. The van der Waals surface area contributed by atoms with E-state index in [1.165, 1.54) is 35.7 Å². The van der Waals surface area contributed by atoms with Crippen molar-refractivity contribution in [2.75, 3.05) is 5.75 Å². The van der Waals surface area contributed by atoms with Crippen LogP contribution in [0.15, 0.2) is 53.6 Å². The van der Waals surface area contributed by atoms with Crippen LogP contribution in [0, 0.1) is 0 Å². The third-order valence-electron chi connectivity index (χ3n) is 6.00. The first-order chi connectivity index (χ1) is 16.5. The molecule has 1 aromatic carbocycles. The molecule has 0 fully saturated rings. The van der Waals surface area contributed by atoms with Gasteiger partial charge in [-0.1, -0.05) is 19.1 Å². The number of nitrogens with one attached hydrogen (secondary N) is 1. The van der Waals surface area contributed by atoms with Gasteiger partial charge in [0.2, 0.25) is 0 Å². The molecule has 2 aromatic heterocycles. The molecule has 4 rings (SSSR count). The number of halogens is 3. The highest BCUT2D eigenvalue weighted by molar-refractivity contribution is 7.91. The molecule has 1 amide bonds. The lowest BCUT2D eigenvalue weighted by Gasteiger charge is -2.22. The first kappa shape index (κ1) is 25.3. The zero-order valence-electron chi connectivity index (χ0n) is 19.1. The van der Waals surface area contributed by atoms with Crippen molar-refractivity contribution in [2.45, 2.75) is 50.6 Å². The molecule has 0 bridgehead atoms. The van der Waals surface area contributed by atoms with Gasteiger partial charge in [-0.25, -0.2) is 8.42 Å². The zero-order chi connectivity index (χ0) is 25.4. The molecule has 1 unspecified atom stereocenters. The van der Waals surface area contributed by atoms with Crippen LogP contribution in [0.5, 0.6) is 0 Å². The Kier molecular flexibility index (Phi) is 7.03. The lowest BCUT2D eigenvalue weighted by atomic mass is 10.1. The van der Waals surface area contributed by atoms with Crippen molar-refractivity contribution in [3.63, 3.8) is 0 Å². The van der Waals surface area contributed by atoms with Crippen LogP contribution < -0.4 is 5.32 Å². The van der Waals surface area contributed by atoms with Gasteiger partial charge in [0, 0.05) is 30.2 Å². The second-order valence-electron chi connectivity index (χ2n) is 8.35. The molecule has 186 valence electrons. The summed E-state index contributed by atoms with van der Waals surface area (Å²) >= 11 is 1.40. The Bertz CT molecular complexity index is 1320. The van der Waals surface area contributed by atoms with Gasteiger partial charge in [0.1, 0.15) is 0 Å². The molecule has 3 aromatic rings. The highest BCUT2D eigenvalue weighted by Crippen LogP contribution is 2.40. The number of aromatic nitrogens is 1. The molecule has 0 aliphatic carbocycles. The van der Waals surface area contributed by atoms with Crippen LogP contribution in [0.25, 0.3) is 0 Å². The Morgan fingerprint density at radius 1 is 1.20 bits per heavy atom. The van der Waals surface area contributed by atoms with E-state index in [-0.39, 0.29) is 29.1 Å². The van der Waals surface area contributed by atoms with Crippen LogP contribution in [0.2, 0.25) is 0 Å². The van der Waals surface area contributed by atoms with Crippen molar-refractivity contribution >= 4 is 27.1 Å². The van der Waals surface area contributed by atoms with Gasteiger partial charge in [-0.15, -0.1) is 11.3 Å². The number of carbonyl (C=O) groups excluding carboxylic acids is 1. The smallest absolute Gasteiger partial charge is 0.346 e. The number of alkyl halides is 3. The molecule has 6 nitrogen and oxygen atoms in total. The van der Waals surface area contributed by atoms with Crippen molar-refractivity contribution in [1.29, 1.82) is 0 Å². The van der Waals surface area contributed by atoms with E-state index in [9.17, 15) is 26.4 Å². The maximum atomic E-state index is 12.8. The van der Waals surface area contributed by atoms with E-state index in [1.54, 1.807) is 13.0 Å². The van der Waals surface area contributed by atoms with Crippen LogP contribution in [-0.2, 0) is 35.6 Å². The van der Waals surface area contributed by atoms with E-state index in [4.69, 9.17) is 0 Å². The maximum absolute atomic E-state index is 12.8. The average molecular weight is 524 g/mol. The summed E-state index contributed by atoms with van der Waals surface area (Å²) in [4.78, 5) is 20.7. The molecule has 1 aliphatic rings. The highest BCUT2D eigenvalue weighted by Gasteiger charge is 2.32. The van der Waals surface area contributed by atoms with Crippen molar-refractivity contribution in [1.82, 2.24) is 15.2 Å². The molecule has 0 spiro atoms. The predicted octanol–water partition coefficient (Wildman–Crippen LogP) is 4.96. The van der Waals surface area contributed by atoms with E-state index in [0.717, 1.165) is 28.1 Å². The van der Waals surface area contributed by atoms with Gasteiger partial charge in [0.05, 0.1) is 33.3 Å². The molecular formula is C24H24F3N3O3S2. The van der Waals surface area contributed by atoms with Gasteiger partial charge in [0.25, 0.3) is 5.91 Å². The lowest BCUT2D eigenvalue weighted by molar-refractivity contribution is -0.137. The van der Waals surface area contributed by atoms with Gasteiger partial charge < -0.3 is 5.32 Å². The summed E-state index contributed by atoms with van der Waals surface area (Å²) in [5.74, 6) is -0.244. The van der Waals surface area contributed by atoms with Crippen LogP contribution >= 0.6 is 11.3 Å². The number of nitrogens with zero attached hydrogens (tertiary/aromatic N) is 2. The van der Waals surface area contributed by atoms with Crippen molar-refractivity contribution in [2.24, 2.45) is 0 Å². The SMILES string of the molecule is CCS(=O)(=O)c1ccc(CNC(=O)c2cc3c(s2)C(C)N(Cc2ccc(C(F)(F)F)cc2)C3)nc1. The average Bonchev–Trinajstić information content (AvgIpc) is 3.37. The van der Waals surface area contributed by atoms with Crippen LogP contribution in [0.4, 0.5) is 13.2 Å². The molecule has 0 saturated heterocycles. The van der Waals surface area contributed by atoms with E-state index in [0.29, 0.717) is 23.7 Å². The number of benzene rings is 1. The minimum absolute atomic E-state index is 0.00596. The fraction of sp³-hybridized carbons (Fsp3) is 0.333. The van der Waals surface area contributed by atoms with E-state index < -0.39 is 21.6 Å². The second-order valence-corrected chi connectivity index (χ2v) is 11.7. The van der Waals surface area contributed by atoms with Gasteiger partial charge in [-0.2, -0.15) is 13.2 Å². The first-order valence-corrected chi connectivity index (χ1v) is 13.4. The summed E-state index contributed by atoms with van der Waals surface area (Å²) in [6.07, 6.45) is -3.05. The molecule has 11 heteroatoms. The van der Waals surface area contributed by atoms with E-state index in [1.807, 2.05) is 13.0 Å². The summed E-state index contributed by atoms with van der Waals surface area (Å²) in [5.41, 5.74) is 1.71. The molecule has 3 heterocycles. The van der Waals surface area contributed by atoms with Crippen molar-refractivity contribution in [3.05, 3.63) is 80.8 Å². The number of hydrogen-bond donors (Lipinski definition) is 1. The number of fused-ring (bicyclic) bond motifs is 1. The molecule has 35 heavy (non-hydrogen) atoms. The number of thiophene rings is 1. The van der Waals surface area contributed by atoms with Gasteiger partial charge in [-0.05, 0) is 48.4 Å². The third-order valence-corrected chi connectivity index (χ3v) is 9.07. The highest BCUT2D eigenvalue weighted by atomic mass is 32.2. The molecule has 0 saturated carbocycles. The molecule has 1 atom stereocenters. The lowest BCUT2D eigenvalue weighted by Crippen LogP contribution is -2.23. The van der Waals surface area contributed by atoms with Crippen molar-refractivity contribution in [3.8, 4) is 0 Å². The number of pyridine rings is 1. The minimum Gasteiger partial charge on any atom is -0.346 e. The second kappa shape index (κ2) is 9.71. The summed E-state index contributed by atoms with van der Waals surface area (Å²) in [6.45, 7) is 4.87. The number of rotatable bonds is 7. The van der Waals surface area contributed by atoms with Gasteiger partial charge in [-0.3, -0.25) is 14.7 Å². The van der Waals surface area contributed by atoms with Gasteiger partial charge in [0.15, 0.2) is 9.84 Å². The Morgan fingerprint density at radius 3 is 2.49 bits per heavy atom. The third kappa shape index (κ3) is 5.57. The minimum atomic E-state index is -4.35. The number of amides is 1. The predicted molar refractivity (Wildman–Crippen MR) is 127 cm³/mol. The molecule has 1 aliphatic heterocycles. The van der Waals surface area contributed by atoms with Crippen LogP contribution in [0.3, 0.4) is 0 Å². The van der Waals surface area contributed by atoms with Gasteiger partial charge >= 0.3 is 6.18 Å². The molecule has 1 N–H and O–H groups in total. The summed E-state index contributed by atoms with van der Waals surface area (Å²) in [5, 5.41) is 2.81. The fourth-order valence-corrected chi connectivity index (χ4v) is 5.90. The zero-order valence-corrected chi connectivity index (χ0v) is 20.7. The molecule has 0 radical (unpaired) electrons. The fourth-order valence-electron chi connectivity index (χ4n) is 3.90. The maximum Gasteiger partial charge on any atom is 0.416 e. The summed E-state index contributed by atoms with van der Waals surface area (Å²) in [6, 6.07) is 10.1. The van der Waals surface area contributed by atoms with Crippen LogP contribution in [0.1, 0.15) is 56.8 Å². The summed E-state index contributed by atoms with van der Waals surface area (Å²) < 4.78 is 62.1. The summed E-state index contributed by atoms with van der Waals surface area (Å²) in [7, 11) is -3.32. The monoisotopic (exact) mass is 523 g/mol. The largest absolute Gasteiger partial charge is 0.416 e. The Balaban J connectivity index is 1.35.